The van der Waals surface area contributed by atoms with Crippen molar-refractivity contribution in [3.63, 3.8) is 0 Å². The van der Waals surface area contributed by atoms with Crippen molar-refractivity contribution >= 4 is 34.8 Å². The molecule has 1 aliphatic rings. The molecule has 1 atom stereocenters. The van der Waals surface area contributed by atoms with Gasteiger partial charge in [-0.25, -0.2) is 0 Å². The van der Waals surface area contributed by atoms with Crippen molar-refractivity contribution in [1.82, 2.24) is 4.90 Å². The summed E-state index contributed by atoms with van der Waals surface area (Å²) >= 11 is 11.9. The van der Waals surface area contributed by atoms with Gasteiger partial charge in [-0.1, -0.05) is 23.2 Å². The van der Waals surface area contributed by atoms with Crippen molar-refractivity contribution in [3.05, 3.63) is 40.0 Å². The summed E-state index contributed by atoms with van der Waals surface area (Å²) in [6.07, 6.45) is 4.95. The molecule has 0 aromatic heterocycles. The average molecular weight is 338 g/mol. The number of likely N-dealkylation sites (tertiary alicyclic amines) is 1. The highest BCUT2D eigenvalue weighted by Crippen LogP contribution is 2.26. The molecule has 1 aromatic rings. The van der Waals surface area contributed by atoms with E-state index in [2.05, 4.69) is 12.2 Å². The largest absolute Gasteiger partial charge is 0.373 e. The van der Waals surface area contributed by atoms with Crippen molar-refractivity contribution in [1.29, 1.82) is 5.26 Å². The molecule has 1 aliphatic heterocycles. The summed E-state index contributed by atoms with van der Waals surface area (Å²) in [6, 6.07) is 7.08. The van der Waals surface area contributed by atoms with Gasteiger partial charge in [0.2, 0.25) is 0 Å². The molecule has 1 N–H and O–H groups in total. The van der Waals surface area contributed by atoms with Gasteiger partial charge in [-0.05, 0) is 44.4 Å². The SMILES string of the molecule is CC1CCCCN1/C=C(/C#N)C(=O)Nc1cc(Cl)ccc1Cl. The zero-order chi connectivity index (χ0) is 16.1. The number of hydrogen-bond donors (Lipinski definition) is 1. The molecule has 22 heavy (non-hydrogen) atoms. The van der Waals surface area contributed by atoms with Gasteiger partial charge in [-0.3, -0.25) is 4.79 Å². The van der Waals surface area contributed by atoms with Crippen LogP contribution in [0.25, 0.3) is 0 Å². The lowest BCUT2D eigenvalue weighted by Crippen LogP contribution is -2.34. The lowest BCUT2D eigenvalue weighted by atomic mass is 10.0. The molecule has 0 radical (unpaired) electrons. The Kier molecular flexibility index (Phi) is 5.70. The van der Waals surface area contributed by atoms with Crippen molar-refractivity contribution in [2.75, 3.05) is 11.9 Å². The molecular weight excluding hydrogens is 321 g/mol. The molecule has 1 amide bonds. The maximum atomic E-state index is 12.3. The standard InChI is InChI=1S/C16H17Cl2N3O/c1-11-4-2-3-7-21(11)10-12(9-19)16(22)20-15-8-13(17)5-6-14(15)18/h5-6,8,10-11H,2-4,7H2,1H3,(H,20,22)/b12-10-. The summed E-state index contributed by atoms with van der Waals surface area (Å²) in [5.41, 5.74) is 0.455. The molecule has 0 bridgehead atoms. The highest BCUT2D eigenvalue weighted by molar-refractivity contribution is 6.35. The minimum Gasteiger partial charge on any atom is -0.373 e. The van der Waals surface area contributed by atoms with Gasteiger partial charge < -0.3 is 10.2 Å². The van der Waals surface area contributed by atoms with Crippen LogP contribution in [0, 0.1) is 11.3 Å². The van der Waals surface area contributed by atoms with Gasteiger partial charge in [0.05, 0.1) is 10.7 Å². The first-order valence-corrected chi connectivity index (χ1v) is 7.91. The van der Waals surface area contributed by atoms with Gasteiger partial charge >= 0.3 is 0 Å². The van der Waals surface area contributed by atoms with E-state index in [1.165, 1.54) is 6.42 Å². The van der Waals surface area contributed by atoms with Crippen LogP contribution in [0.15, 0.2) is 30.0 Å². The number of benzene rings is 1. The topological polar surface area (TPSA) is 56.1 Å². The molecule has 1 aromatic carbocycles. The number of nitriles is 1. The van der Waals surface area contributed by atoms with Gasteiger partial charge in [-0.15, -0.1) is 0 Å². The fourth-order valence-electron chi connectivity index (χ4n) is 2.40. The van der Waals surface area contributed by atoms with E-state index in [0.29, 0.717) is 21.8 Å². The number of amides is 1. The molecular formula is C16H17Cl2N3O. The van der Waals surface area contributed by atoms with Crippen LogP contribution < -0.4 is 5.32 Å². The number of halogens is 2. The molecule has 0 aliphatic carbocycles. The summed E-state index contributed by atoms with van der Waals surface area (Å²) in [6.45, 7) is 2.95. The molecule has 0 saturated carbocycles. The fourth-order valence-corrected chi connectivity index (χ4v) is 2.74. The van der Waals surface area contributed by atoms with Crippen LogP contribution >= 0.6 is 23.2 Å². The van der Waals surface area contributed by atoms with Crippen LogP contribution in [0.1, 0.15) is 26.2 Å². The van der Waals surface area contributed by atoms with Gasteiger partial charge in [-0.2, -0.15) is 5.26 Å². The number of rotatable bonds is 3. The third kappa shape index (κ3) is 4.16. The molecule has 1 saturated heterocycles. The van der Waals surface area contributed by atoms with E-state index in [4.69, 9.17) is 23.2 Å². The Morgan fingerprint density at radius 3 is 2.91 bits per heavy atom. The van der Waals surface area contributed by atoms with Crippen LogP contribution in [-0.2, 0) is 4.79 Å². The Morgan fingerprint density at radius 1 is 1.45 bits per heavy atom. The monoisotopic (exact) mass is 337 g/mol. The van der Waals surface area contributed by atoms with Crippen LogP contribution in [-0.4, -0.2) is 23.4 Å². The highest BCUT2D eigenvalue weighted by Gasteiger charge is 2.18. The summed E-state index contributed by atoms with van der Waals surface area (Å²) in [5.74, 6) is -0.482. The number of hydrogen-bond acceptors (Lipinski definition) is 3. The van der Waals surface area contributed by atoms with Crippen molar-refractivity contribution in [2.45, 2.75) is 32.2 Å². The smallest absolute Gasteiger partial charge is 0.267 e. The van der Waals surface area contributed by atoms with Crippen LogP contribution in [0.4, 0.5) is 5.69 Å². The van der Waals surface area contributed by atoms with E-state index >= 15 is 0 Å². The Balaban J connectivity index is 2.15. The summed E-state index contributed by atoms with van der Waals surface area (Å²) in [7, 11) is 0. The van der Waals surface area contributed by atoms with Crippen molar-refractivity contribution in [2.24, 2.45) is 0 Å². The van der Waals surface area contributed by atoms with Crippen molar-refractivity contribution < 1.29 is 4.79 Å². The highest BCUT2D eigenvalue weighted by atomic mass is 35.5. The molecule has 2 rings (SSSR count). The molecule has 1 unspecified atom stereocenters. The van der Waals surface area contributed by atoms with E-state index in [9.17, 15) is 10.1 Å². The lowest BCUT2D eigenvalue weighted by Gasteiger charge is -2.32. The second-order valence-corrected chi connectivity index (χ2v) is 6.16. The summed E-state index contributed by atoms with van der Waals surface area (Å²) < 4.78 is 0. The Hall–Kier alpha value is -1.70. The van der Waals surface area contributed by atoms with Gasteiger partial charge in [0, 0.05) is 23.8 Å². The second-order valence-electron chi connectivity index (χ2n) is 5.32. The Morgan fingerprint density at radius 2 is 2.23 bits per heavy atom. The normalized spacial score (nSPS) is 18.7. The van der Waals surface area contributed by atoms with Crippen molar-refractivity contribution in [3.8, 4) is 6.07 Å². The van der Waals surface area contributed by atoms with Gasteiger partial charge in [0.1, 0.15) is 11.6 Å². The molecule has 1 fully saturated rings. The number of piperidine rings is 1. The molecule has 116 valence electrons. The minimum atomic E-state index is -0.482. The number of nitrogens with one attached hydrogen (secondary N) is 1. The lowest BCUT2D eigenvalue weighted by molar-refractivity contribution is -0.112. The molecule has 1 heterocycles. The minimum absolute atomic E-state index is 0.0600. The van der Waals surface area contributed by atoms with E-state index in [-0.39, 0.29) is 5.57 Å². The zero-order valence-electron chi connectivity index (χ0n) is 12.3. The Bertz CT molecular complexity index is 637. The van der Waals surface area contributed by atoms with Crippen LogP contribution in [0.3, 0.4) is 0 Å². The maximum Gasteiger partial charge on any atom is 0.267 e. The number of anilines is 1. The third-order valence-corrected chi connectivity index (χ3v) is 4.26. The predicted octanol–water partition coefficient (Wildman–Crippen LogP) is 4.21. The summed E-state index contributed by atoms with van der Waals surface area (Å²) in [5, 5.41) is 12.7. The maximum absolute atomic E-state index is 12.3. The molecule has 4 nitrogen and oxygen atoms in total. The predicted molar refractivity (Wildman–Crippen MR) is 88.8 cm³/mol. The first-order valence-electron chi connectivity index (χ1n) is 7.15. The second kappa shape index (κ2) is 7.53. The van der Waals surface area contributed by atoms with Gasteiger partial charge in [0.25, 0.3) is 5.91 Å². The first-order chi connectivity index (χ1) is 10.5. The van der Waals surface area contributed by atoms with Crippen LogP contribution in [0.2, 0.25) is 10.0 Å². The number of carbonyl (C=O) groups is 1. The zero-order valence-corrected chi connectivity index (χ0v) is 13.8. The van der Waals surface area contributed by atoms with Crippen LogP contribution in [0.5, 0.6) is 0 Å². The number of carbonyl (C=O) groups excluding carboxylic acids is 1. The van der Waals surface area contributed by atoms with Gasteiger partial charge in [0.15, 0.2) is 0 Å². The summed E-state index contributed by atoms with van der Waals surface area (Å²) in [4.78, 5) is 14.3. The fraction of sp³-hybridized carbons (Fsp3) is 0.375. The Labute approximate surface area is 140 Å². The van der Waals surface area contributed by atoms with E-state index < -0.39 is 5.91 Å². The average Bonchev–Trinajstić information content (AvgIpc) is 2.50. The molecule has 0 spiro atoms. The molecule has 6 heteroatoms. The van der Waals surface area contributed by atoms with E-state index in [1.807, 2.05) is 11.0 Å². The van der Waals surface area contributed by atoms with E-state index in [0.717, 1.165) is 19.4 Å². The quantitative estimate of drug-likeness (QED) is 0.663. The number of nitrogens with zero attached hydrogens (tertiary/aromatic N) is 2. The van der Waals surface area contributed by atoms with E-state index in [1.54, 1.807) is 24.4 Å². The third-order valence-electron chi connectivity index (χ3n) is 3.69. The first kappa shape index (κ1) is 16.7.